The minimum atomic E-state index is -4.56. The van der Waals surface area contributed by atoms with E-state index in [0.29, 0.717) is 4.67 Å². The molecule has 2 N–H and O–H groups in total. The Hall–Kier alpha value is -1.81. The molecule has 1 heterocycles. The van der Waals surface area contributed by atoms with Crippen LogP contribution in [0.2, 0.25) is 0 Å². The Bertz CT molecular complexity index is 775. The third kappa shape index (κ3) is 4.84. The Morgan fingerprint density at radius 3 is 2.42 bits per heavy atom. The first kappa shape index (κ1) is 18.5. The summed E-state index contributed by atoms with van der Waals surface area (Å²) in [5.74, 6) is -1.30. The van der Waals surface area contributed by atoms with Crippen LogP contribution in [-0.2, 0) is 11.0 Å². The minimum absolute atomic E-state index is 0.00215. The molecule has 0 radical (unpaired) electrons. The molecule has 2 amide bonds. The van der Waals surface area contributed by atoms with Gasteiger partial charge in [-0.25, -0.2) is 0 Å². The van der Waals surface area contributed by atoms with Crippen LogP contribution in [0.5, 0.6) is 0 Å². The van der Waals surface area contributed by atoms with Gasteiger partial charge in [0.2, 0.25) is 5.91 Å². The van der Waals surface area contributed by atoms with Crippen molar-refractivity contribution >= 4 is 49.4 Å². The maximum Gasteiger partial charge on any atom is 0.417 e. The van der Waals surface area contributed by atoms with Crippen molar-refractivity contribution in [3.05, 3.63) is 50.8 Å². The molecule has 2 rings (SSSR count). The lowest BCUT2D eigenvalue weighted by Gasteiger charge is -2.12. The van der Waals surface area contributed by atoms with Crippen molar-refractivity contribution in [1.29, 1.82) is 0 Å². The molecule has 0 spiro atoms. The molecule has 0 fully saturated rings. The number of benzene rings is 1. The fourth-order valence-corrected chi connectivity index (χ4v) is 2.49. The Balaban J connectivity index is 1.96. The van der Waals surface area contributed by atoms with Gasteiger partial charge >= 0.3 is 6.18 Å². The van der Waals surface area contributed by atoms with Crippen LogP contribution >= 0.6 is 31.9 Å². The summed E-state index contributed by atoms with van der Waals surface area (Å²) >= 11 is 5.84. The van der Waals surface area contributed by atoms with Gasteiger partial charge in [0.05, 0.1) is 12.1 Å². The van der Waals surface area contributed by atoms with Gasteiger partial charge in [-0.1, -0.05) is 15.9 Å². The molecule has 0 aliphatic heterocycles. The number of carbonyl (C=O) groups is 2. The molecule has 1 aromatic carbocycles. The van der Waals surface area contributed by atoms with E-state index in [4.69, 9.17) is 4.42 Å². The van der Waals surface area contributed by atoms with Crippen molar-refractivity contribution in [3.63, 3.8) is 0 Å². The molecule has 0 aliphatic rings. The van der Waals surface area contributed by atoms with Crippen LogP contribution < -0.4 is 10.6 Å². The van der Waals surface area contributed by atoms with Gasteiger partial charge in [-0.3, -0.25) is 9.59 Å². The molecule has 5 nitrogen and oxygen atoms in total. The number of hydrogen-bond donors (Lipinski definition) is 2. The van der Waals surface area contributed by atoms with Gasteiger partial charge in [-0.05, 0) is 46.3 Å². The molecule has 2 aromatic rings. The molecular formula is C14H9Br2F3N2O3. The Kier molecular flexibility index (Phi) is 5.70. The van der Waals surface area contributed by atoms with Crippen molar-refractivity contribution in [2.75, 3.05) is 11.9 Å². The Morgan fingerprint density at radius 1 is 1.12 bits per heavy atom. The maximum atomic E-state index is 12.8. The fourth-order valence-electron chi connectivity index (χ4n) is 1.71. The zero-order valence-electron chi connectivity index (χ0n) is 11.7. The van der Waals surface area contributed by atoms with Crippen LogP contribution in [0.3, 0.4) is 0 Å². The van der Waals surface area contributed by atoms with E-state index in [1.54, 1.807) is 0 Å². The summed E-state index contributed by atoms with van der Waals surface area (Å²) < 4.78 is 43.6. The van der Waals surface area contributed by atoms with Gasteiger partial charge in [0.25, 0.3) is 5.91 Å². The fraction of sp³-hybridized carbons (Fsp3) is 0.143. The summed E-state index contributed by atoms with van der Waals surface area (Å²) in [4.78, 5) is 23.4. The molecule has 0 saturated carbocycles. The topological polar surface area (TPSA) is 71.3 Å². The number of nitrogens with one attached hydrogen (secondary N) is 2. The highest BCUT2D eigenvalue weighted by Crippen LogP contribution is 2.36. The van der Waals surface area contributed by atoms with Gasteiger partial charge in [0, 0.05) is 10.2 Å². The second-order valence-corrected chi connectivity index (χ2v) is 6.16. The summed E-state index contributed by atoms with van der Waals surface area (Å²) in [7, 11) is 0. The van der Waals surface area contributed by atoms with Crippen LogP contribution in [0.15, 0.2) is 43.9 Å². The van der Waals surface area contributed by atoms with Crippen molar-refractivity contribution in [1.82, 2.24) is 5.32 Å². The number of anilines is 1. The summed E-state index contributed by atoms with van der Waals surface area (Å²) in [6, 6.07) is 6.20. The van der Waals surface area contributed by atoms with E-state index in [9.17, 15) is 22.8 Å². The van der Waals surface area contributed by atoms with Crippen LogP contribution in [-0.4, -0.2) is 18.4 Å². The van der Waals surface area contributed by atoms with E-state index in [1.807, 2.05) is 0 Å². The number of alkyl halides is 3. The number of rotatable bonds is 4. The van der Waals surface area contributed by atoms with Crippen LogP contribution in [0.4, 0.5) is 18.9 Å². The number of furan rings is 1. The minimum Gasteiger partial charge on any atom is -0.444 e. The van der Waals surface area contributed by atoms with Gasteiger partial charge in [-0.15, -0.1) is 0 Å². The second-order valence-electron chi connectivity index (χ2n) is 4.53. The highest BCUT2D eigenvalue weighted by molar-refractivity contribution is 9.10. The van der Waals surface area contributed by atoms with Crippen molar-refractivity contribution in [3.8, 4) is 0 Å². The Labute approximate surface area is 150 Å². The third-order valence-electron chi connectivity index (χ3n) is 2.76. The van der Waals surface area contributed by atoms with E-state index < -0.39 is 30.1 Å². The van der Waals surface area contributed by atoms with Gasteiger partial charge < -0.3 is 15.1 Å². The van der Waals surface area contributed by atoms with E-state index in [-0.39, 0.29) is 15.9 Å². The van der Waals surface area contributed by atoms with Crippen molar-refractivity contribution in [2.45, 2.75) is 6.18 Å². The quantitative estimate of drug-likeness (QED) is 0.705. The average molecular weight is 470 g/mol. The standard InChI is InChI=1S/C14H9Br2F3N2O3/c15-9-2-1-7(5-8(9)14(17,18)19)21-12(22)6-20-13(23)10-3-4-11(16)24-10/h1-5H,6H2,(H,20,23)(H,21,22). The highest BCUT2D eigenvalue weighted by Gasteiger charge is 2.33. The third-order valence-corrected chi connectivity index (χ3v) is 3.88. The molecule has 10 heteroatoms. The highest BCUT2D eigenvalue weighted by atomic mass is 79.9. The second kappa shape index (κ2) is 7.39. The zero-order chi connectivity index (χ0) is 17.9. The number of amides is 2. The van der Waals surface area contributed by atoms with E-state index >= 15 is 0 Å². The molecule has 0 unspecified atom stereocenters. The molecule has 0 atom stereocenters. The Morgan fingerprint density at radius 2 is 1.83 bits per heavy atom. The largest absolute Gasteiger partial charge is 0.444 e. The first-order valence-corrected chi connectivity index (χ1v) is 7.95. The van der Waals surface area contributed by atoms with Gasteiger partial charge in [0.15, 0.2) is 10.4 Å². The van der Waals surface area contributed by atoms with Crippen molar-refractivity contribution < 1.29 is 27.2 Å². The molecular weight excluding hydrogens is 461 g/mol. The van der Waals surface area contributed by atoms with Gasteiger partial charge in [0.1, 0.15) is 0 Å². The SMILES string of the molecule is O=C(CNC(=O)c1ccc(Br)o1)Nc1ccc(Br)c(C(F)(F)F)c1. The molecule has 128 valence electrons. The van der Waals surface area contributed by atoms with E-state index in [0.717, 1.165) is 6.07 Å². The zero-order valence-corrected chi connectivity index (χ0v) is 14.9. The van der Waals surface area contributed by atoms with Crippen LogP contribution in [0.1, 0.15) is 16.1 Å². The number of halogens is 5. The summed E-state index contributed by atoms with van der Waals surface area (Å²) in [5.41, 5.74) is -0.949. The number of carbonyl (C=O) groups excluding carboxylic acids is 2. The van der Waals surface area contributed by atoms with Crippen LogP contribution in [0, 0.1) is 0 Å². The molecule has 0 saturated heterocycles. The monoisotopic (exact) mass is 468 g/mol. The van der Waals surface area contributed by atoms with Crippen molar-refractivity contribution in [2.24, 2.45) is 0 Å². The molecule has 0 aliphatic carbocycles. The molecule has 1 aromatic heterocycles. The van der Waals surface area contributed by atoms with E-state index in [2.05, 4.69) is 42.5 Å². The van der Waals surface area contributed by atoms with Gasteiger partial charge in [-0.2, -0.15) is 13.2 Å². The molecule has 24 heavy (non-hydrogen) atoms. The summed E-state index contributed by atoms with van der Waals surface area (Å²) in [5, 5.41) is 4.57. The van der Waals surface area contributed by atoms with E-state index in [1.165, 1.54) is 24.3 Å². The molecule has 0 bridgehead atoms. The normalized spacial score (nSPS) is 11.2. The average Bonchev–Trinajstić information content (AvgIpc) is 2.92. The lowest BCUT2D eigenvalue weighted by molar-refractivity contribution is -0.138. The number of hydrogen-bond acceptors (Lipinski definition) is 3. The lowest BCUT2D eigenvalue weighted by atomic mass is 10.2. The first-order chi connectivity index (χ1) is 11.2. The smallest absolute Gasteiger partial charge is 0.417 e. The summed E-state index contributed by atoms with van der Waals surface area (Å²) in [6.07, 6.45) is -4.56. The predicted molar refractivity (Wildman–Crippen MR) is 86.5 cm³/mol. The lowest BCUT2D eigenvalue weighted by Crippen LogP contribution is -2.32. The predicted octanol–water partition coefficient (Wildman–Crippen LogP) is 4.19. The first-order valence-electron chi connectivity index (χ1n) is 6.37. The maximum absolute atomic E-state index is 12.8. The summed E-state index contributed by atoms with van der Waals surface area (Å²) in [6.45, 7) is -0.422. The van der Waals surface area contributed by atoms with Crippen LogP contribution in [0.25, 0.3) is 0 Å².